The van der Waals surface area contributed by atoms with Crippen LogP contribution in [0.4, 0.5) is 4.39 Å². The maximum absolute atomic E-state index is 13.2. The Hall–Kier alpha value is -2.14. The van der Waals surface area contributed by atoms with Crippen LogP contribution in [0.5, 0.6) is 0 Å². The normalized spacial score (nSPS) is 11.9. The number of halogens is 1. The van der Waals surface area contributed by atoms with Crippen molar-refractivity contribution in [2.75, 3.05) is 0 Å². The first kappa shape index (κ1) is 13.8. The number of benzene rings is 2. The van der Waals surface area contributed by atoms with Crippen LogP contribution in [0.15, 0.2) is 59.6 Å². The highest BCUT2D eigenvalue weighted by atomic mass is 32.2. The molecule has 0 saturated heterocycles. The average Bonchev–Trinajstić information content (AvgIpc) is 2.77. The van der Waals surface area contributed by atoms with E-state index in [1.54, 1.807) is 22.9 Å². The summed E-state index contributed by atoms with van der Waals surface area (Å²) in [5, 5.41) is 0.691. The lowest BCUT2D eigenvalue weighted by atomic mass is 10.2. The highest BCUT2D eigenvalue weighted by molar-refractivity contribution is 7.90. The minimum absolute atomic E-state index is 0.210. The van der Waals surface area contributed by atoms with E-state index >= 15 is 0 Å². The van der Waals surface area contributed by atoms with Gasteiger partial charge in [-0.05, 0) is 23.8 Å². The second-order valence-electron chi connectivity index (χ2n) is 5.01. The van der Waals surface area contributed by atoms with Crippen molar-refractivity contribution in [1.82, 2.24) is 4.57 Å². The van der Waals surface area contributed by atoms with E-state index in [2.05, 4.69) is 0 Å². The number of sulfone groups is 1. The van der Waals surface area contributed by atoms with Crippen LogP contribution >= 0.6 is 0 Å². The summed E-state index contributed by atoms with van der Waals surface area (Å²) in [5.74, 6) is -0.640. The molecule has 1 heterocycles. The zero-order valence-corrected chi connectivity index (χ0v) is 12.3. The lowest BCUT2D eigenvalue weighted by Crippen LogP contribution is -2.04. The van der Waals surface area contributed by atoms with E-state index in [1.165, 1.54) is 18.2 Å². The van der Waals surface area contributed by atoms with Gasteiger partial charge in [-0.15, -0.1) is 0 Å². The van der Waals surface area contributed by atoms with Crippen LogP contribution in [0.25, 0.3) is 10.9 Å². The van der Waals surface area contributed by atoms with Gasteiger partial charge in [-0.3, -0.25) is 0 Å². The highest BCUT2D eigenvalue weighted by Gasteiger charge is 2.21. The van der Waals surface area contributed by atoms with Crippen molar-refractivity contribution in [3.63, 3.8) is 0 Å². The molecule has 21 heavy (non-hydrogen) atoms. The molecule has 5 heteroatoms. The molecule has 0 amide bonds. The Morgan fingerprint density at radius 3 is 2.62 bits per heavy atom. The third-order valence-electron chi connectivity index (χ3n) is 3.44. The molecule has 3 aromatic rings. The van der Waals surface area contributed by atoms with Crippen molar-refractivity contribution in [3.8, 4) is 0 Å². The minimum Gasteiger partial charge on any atom is -0.349 e. The lowest BCUT2D eigenvalue weighted by Gasteiger charge is -2.03. The van der Waals surface area contributed by atoms with Gasteiger partial charge in [0.15, 0.2) is 9.84 Å². The topological polar surface area (TPSA) is 39.1 Å². The summed E-state index contributed by atoms with van der Waals surface area (Å²) in [6, 6.07) is 13.0. The summed E-state index contributed by atoms with van der Waals surface area (Å²) in [7, 11) is -1.71. The van der Waals surface area contributed by atoms with Gasteiger partial charge in [-0.25, -0.2) is 12.8 Å². The first-order valence-electron chi connectivity index (χ1n) is 6.49. The van der Waals surface area contributed by atoms with Crippen molar-refractivity contribution in [1.29, 1.82) is 0 Å². The number of hydrogen-bond donors (Lipinski definition) is 0. The van der Waals surface area contributed by atoms with Crippen LogP contribution in [-0.4, -0.2) is 13.0 Å². The zero-order chi connectivity index (χ0) is 15.0. The maximum Gasteiger partial charge on any atom is 0.184 e. The van der Waals surface area contributed by atoms with Crippen molar-refractivity contribution in [2.24, 2.45) is 7.05 Å². The Morgan fingerprint density at radius 2 is 1.86 bits per heavy atom. The van der Waals surface area contributed by atoms with Crippen molar-refractivity contribution in [2.45, 2.75) is 10.6 Å². The molecule has 0 aliphatic carbocycles. The van der Waals surface area contributed by atoms with Gasteiger partial charge in [-0.1, -0.05) is 30.3 Å². The zero-order valence-electron chi connectivity index (χ0n) is 11.5. The van der Waals surface area contributed by atoms with E-state index in [4.69, 9.17) is 0 Å². The van der Waals surface area contributed by atoms with E-state index in [0.717, 1.165) is 5.52 Å². The van der Waals surface area contributed by atoms with Gasteiger partial charge < -0.3 is 4.57 Å². The predicted octanol–water partition coefficient (Wildman–Crippen LogP) is 3.29. The smallest absolute Gasteiger partial charge is 0.184 e. The number of hydrogen-bond acceptors (Lipinski definition) is 2. The second-order valence-corrected chi connectivity index (χ2v) is 6.97. The summed E-state index contributed by atoms with van der Waals surface area (Å²) < 4.78 is 40.2. The Morgan fingerprint density at radius 1 is 1.10 bits per heavy atom. The Kier molecular flexibility index (Phi) is 3.29. The molecular weight excluding hydrogens is 289 g/mol. The quantitative estimate of drug-likeness (QED) is 0.745. The molecule has 3 rings (SSSR count). The molecule has 0 radical (unpaired) electrons. The molecule has 0 N–H and O–H groups in total. The molecule has 0 aliphatic heterocycles. The summed E-state index contributed by atoms with van der Waals surface area (Å²) in [5.41, 5.74) is 1.30. The van der Waals surface area contributed by atoms with Crippen LogP contribution < -0.4 is 0 Å². The third kappa shape index (κ3) is 2.56. The van der Waals surface area contributed by atoms with Crippen molar-refractivity contribution in [3.05, 3.63) is 66.1 Å². The van der Waals surface area contributed by atoms with Crippen molar-refractivity contribution >= 4 is 20.7 Å². The second kappa shape index (κ2) is 5.00. The van der Waals surface area contributed by atoms with E-state index in [1.807, 2.05) is 25.2 Å². The molecule has 0 spiro atoms. The number of aromatic nitrogens is 1. The monoisotopic (exact) mass is 303 g/mol. The van der Waals surface area contributed by atoms with Crippen molar-refractivity contribution < 1.29 is 12.8 Å². The molecule has 0 unspecified atom stereocenters. The van der Waals surface area contributed by atoms with Crippen LogP contribution in [0.3, 0.4) is 0 Å². The fourth-order valence-corrected chi connectivity index (χ4v) is 4.08. The van der Waals surface area contributed by atoms with E-state index in [0.29, 0.717) is 10.9 Å². The molecule has 2 aromatic carbocycles. The Labute approximate surface area is 122 Å². The molecule has 0 saturated carbocycles. The predicted molar refractivity (Wildman–Crippen MR) is 80.2 cm³/mol. The highest BCUT2D eigenvalue weighted by Crippen LogP contribution is 2.27. The van der Waals surface area contributed by atoms with Crippen LogP contribution in [0.2, 0.25) is 0 Å². The summed E-state index contributed by atoms with van der Waals surface area (Å²) in [6.45, 7) is 0. The minimum atomic E-state index is -3.52. The van der Waals surface area contributed by atoms with Gasteiger partial charge in [0.05, 0.1) is 10.6 Å². The van der Waals surface area contributed by atoms with Gasteiger partial charge >= 0.3 is 0 Å². The molecular formula is C16H14FNO2S. The van der Waals surface area contributed by atoms with E-state index < -0.39 is 15.7 Å². The van der Waals surface area contributed by atoms with Crippen LogP contribution in [0, 0.1) is 5.82 Å². The first-order chi connectivity index (χ1) is 9.97. The molecule has 0 aliphatic rings. The summed E-state index contributed by atoms with van der Waals surface area (Å²) in [4.78, 5) is 0.282. The number of fused-ring (bicyclic) bond motifs is 1. The first-order valence-corrected chi connectivity index (χ1v) is 8.14. The number of rotatable bonds is 3. The average molecular weight is 303 g/mol. The van der Waals surface area contributed by atoms with Gasteiger partial charge in [0.1, 0.15) is 5.82 Å². The molecule has 1 aromatic heterocycles. The molecule has 0 atom stereocenters. The van der Waals surface area contributed by atoms with Gasteiger partial charge in [0.2, 0.25) is 0 Å². The summed E-state index contributed by atoms with van der Waals surface area (Å²) in [6.07, 6.45) is 1.61. The number of aryl methyl sites for hydroxylation is 1. The number of nitrogens with zero attached hydrogens (tertiary/aromatic N) is 1. The fourth-order valence-electron chi connectivity index (χ4n) is 2.48. The Balaban J connectivity index is 2.09. The van der Waals surface area contributed by atoms with E-state index in [-0.39, 0.29) is 10.6 Å². The van der Waals surface area contributed by atoms with Gasteiger partial charge in [0, 0.05) is 24.1 Å². The maximum atomic E-state index is 13.2. The fraction of sp³-hybridized carbons (Fsp3) is 0.125. The molecule has 0 bridgehead atoms. The molecule has 3 nitrogen and oxygen atoms in total. The molecule has 0 fully saturated rings. The standard InChI is InChI=1S/C16H14FNO2S/c1-18-10-16(14-7-2-3-8-15(14)18)21(19,20)11-12-5-4-6-13(17)9-12/h2-10H,11H2,1H3. The summed E-state index contributed by atoms with van der Waals surface area (Å²) >= 11 is 0. The van der Waals surface area contributed by atoms with Crippen LogP contribution in [0.1, 0.15) is 5.56 Å². The Bertz CT molecular complexity index is 913. The number of para-hydroxylation sites is 1. The third-order valence-corrected chi connectivity index (χ3v) is 5.15. The van der Waals surface area contributed by atoms with Gasteiger partial charge in [0.25, 0.3) is 0 Å². The lowest BCUT2D eigenvalue weighted by molar-refractivity contribution is 0.595. The largest absolute Gasteiger partial charge is 0.349 e. The van der Waals surface area contributed by atoms with Crippen LogP contribution in [-0.2, 0) is 22.6 Å². The SMILES string of the molecule is Cn1cc(S(=O)(=O)Cc2cccc(F)c2)c2ccccc21. The van der Waals surface area contributed by atoms with Gasteiger partial charge in [-0.2, -0.15) is 0 Å². The van der Waals surface area contributed by atoms with E-state index in [9.17, 15) is 12.8 Å². The molecule has 108 valence electrons.